The van der Waals surface area contributed by atoms with Crippen LogP contribution in [0.1, 0.15) is 6.92 Å². The summed E-state index contributed by atoms with van der Waals surface area (Å²) in [5.41, 5.74) is 0.127. The Labute approximate surface area is 102 Å². The molecule has 0 aliphatic carbocycles. The summed E-state index contributed by atoms with van der Waals surface area (Å²) in [7, 11) is 0. The van der Waals surface area contributed by atoms with Crippen LogP contribution in [0.15, 0.2) is 29.9 Å². The second-order valence-electron chi connectivity index (χ2n) is 3.67. The number of anilines is 1. The first kappa shape index (κ1) is 11.6. The maximum absolute atomic E-state index is 10.7. The number of nitro groups is 1. The molecule has 6 nitrogen and oxygen atoms in total. The first-order valence-corrected chi connectivity index (χ1v) is 6.00. The number of nitrogens with zero attached hydrogens (tertiary/aromatic N) is 3. The summed E-state index contributed by atoms with van der Waals surface area (Å²) in [6, 6.07) is 3.43. The van der Waals surface area contributed by atoms with Gasteiger partial charge >= 0.3 is 5.69 Å². The minimum Gasteiger partial charge on any atom is -0.367 e. The highest BCUT2D eigenvalue weighted by Crippen LogP contribution is 2.30. The van der Waals surface area contributed by atoms with Gasteiger partial charge in [0.05, 0.1) is 11.5 Å². The Morgan fingerprint density at radius 3 is 3.18 bits per heavy atom. The van der Waals surface area contributed by atoms with Crippen LogP contribution in [0.5, 0.6) is 0 Å². The maximum Gasteiger partial charge on any atom is 0.303 e. The van der Waals surface area contributed by atoms with E-state index in [1.54, 1.807) is 16.3 Å². The molecule has 2 aromatic heterocycles. The van der Waals surface area contributed by atoms with Gasteiger partial charge in [-0.3, -0.25) is 14.8 Å². The van der Waals surface area contributed by atoms with Gasteiger partial charge in [0, 0.05) is 24.5 Å². The molecule has 0 aliphatic rings. The number of rotatable bonds is 5. The van der Waals surface area contributed by atoms with Crippen LogP contribution in [0, 0.1) is 10.1 Å². The van der Waals surface area contributed by atoms with E-state index < -0.39 is 0 Å². The predicted octanol–water partition coefficient (Wildman–Crippen LogP) is 2.35. The molecular formula is C10H12N4O2S. The summed E-state index contributed by atoms with van der Waals surface area (Å²) < 4.78 is 1.79. The largest absolute Gasteiger partial charge is 0.367 e. The number of aromatic nitrogens is 2. The molecule has 2 heterocycles. The Morgan fingerprint density at radius 1 is 1.71 bits per heavy atom. The lowest BCUT2D eigenvalue weighted by atomic mass is 10.3. The molecule has 2 aromatic rings. The quantitative estimate of drug-likeness (QED) is 0.655. The summed E-state index contributed by atoms with van der Waals surface area (Å²) in [5, 5.41) is 20.3. The molecule has 90 valence electrons. The summed E-state index contributed by atoms with van der Waals surface area (Å²) in [4.78, 5) is 10.4. The van der Waals surface area contributed by atoms with Crippen LogP contribution in [0.25, 0.3) is 0 Å². The van der Waals surface area contributed by atoms with Gasteiger partial charge in [-0.05, 0) is 18.4 Å². The summed E-state index contributed by atoms with van der Waals surface area (Å²) in [6.45, 7) is 2.63. The van der Waals surface area contributed by atoms with E-state index in [2.05, 4.69) is 10.4 Å². The zero-order valence-corrected chi connectivity index (χ0v) is 10.1. The van der Waals surface area contributed by atoms with Gasteiger partial charge < -0.3 is 5.32 Å². The molecule has 0 bridgehead atoms. The number of hydrogen-bond acceptors (Lipinski definition) is 5. The van der Waals surface area contributed by atoms with Crippen molar-refractivity contribution in [3.63, 3.8) is 0 Å². The monoisotopic (exact) mass is 252 g/mol. The molecule has 7 heteroatoms. The van der Waals surface area contributed by atoms with Crippen molar-refractivity contribution in [1.29, 1.82) is 0 Å². The van der Waals surface area contributed by atoms with Crippen molar-refractivity contribution in [2.45, 2.75) is 19.5 Å². The molecule has 0 spiro atoms. The highest BCUT2D eigenvalue weighted by molar-refractivity contribution is 7.14. The predicted molar refractivity (Wildman–Crippen MR) is 66.3 cm³/mol. The Kier molecular flexibility index (Phi) is 3.38. The van der Waals surface area contributed by atoms with Crippen LogP contribution in [-0.2, 0) is 6.54 Å². The second kappa shape index (κ2) is 4.96. The van der Waals surface area contributed by atoms with Crippen molar-refractivity contribution in [2.24, 2.45) is 0 Å². The smallest absolute Gasteiger partial charge is 0.303 e. The minimum atomic E-state index is -0.376. The first-order chi connectivity index (χ1) is 8.16. The van der Waals surface area contributed by atoms with E-state index in [1.165, 1.54) is 17.4 Å². The van der Waals surface area contributed by atoms with Gasteiger partial charge in [0.15, 0.2) is 5.00 Å². The van der Waals surface area contributed by atoms with E-state index in [4.69, 9.17) is 0 Å². The van der Waals surface area contributed by atoms with Crippen molar-refractivity contribution in [1.82, 2.24) is 9.78 Å². The Morgan fingerprint density at radius 2 is 2.53 bits per heavy atom. The number of hydrogen-bond donors (Lipinski definition) is 1. The van der Waals surface area contributed by atoms with Gasteiger partial charge in [-0.1, -0.05) is 0 Å². The first-order valence-electron chi connectivity index (χ1n) is 5.12. The highest BCUT2D eigenvalue weighted by atomic mass is 32.1. The summed E-state index contributed by atoms with van der Waals surface area (Å²) >= 11 is 1.34. The average Bonchev–Trinajstić information content (AvgIpc) is 2.88. The molecule has 0 amide bonds. The number of nitrogens with one attached hydrogen (secondary N) is 1. The standard InChI is InChI=1S/C10H12N4O2S/c1-8(7-13-5-2-4-11-13)12-10-9(14(15)16)3-6-17-10/h2-6,8,12H,7H2,1H3. The summed E-state index contributed by atoms with van der Waals surface area (Å²) in [5.74, 6) is 0. The van der Waals surface area contributed by atoms with E-state index in [1.807, 2.05) is 19.2 Å². The fourth-order valence-electron chi connectivity index (χ4n) is 1.51. The van der Waals surface area contributed by atoms with Gasteiger partial charge in [0.25, 0.3) is 0 Å². The van der Waals surface area contributed by atoms with Crippen molar-refractivity contribution in [3.05, 3.63) is 40.0 Å². The summed E-state index contributed by atoms with van der Waals surface area (Å²) in [6.07, 6.45) is 3.57. The van der Waals surface area contributed by atoms with Crippen LogP contribution < -0.4 is 5.32 Å². The maximum atomic E-state index is 10.7. The van der Waals surface area contributed by atoms with Gasteiger partial charge in [0.1, 0.15) is 0 Å². The van der Waals surface area contributed by atoms with E-state index in [0.717, 1.165) is 0 Å². The fourth-order valence-corrected chi connectivity index (χ4v) is 2.38. The van der Waals surface area contributed by atoms with Crippen LogP contribution >= 0.6 is 11.3 Å². The van der Waals surface area contributed by atoms with E-state index in [-0.39, 0.29) is 16.7 Å². The molecule has 1 N–H and O–H groups in total. The molecule has 17 heavy (non-hydrogen) atoms. The molecule has 0 fully saturated rings. The lowest BCUT2D eigenvalue weighted by Gasteiger charge is -2.13. The van der Waals surface area contributed by atoms with Crippen LogP contribution in [0.4, 0.5) is 10.7 Å². The lowest BCUT2D eigenvalue weighted by Crippen LogP contribution is -2.22. The third kappa shape index (κ3) is 2.82. The van der Waals surface area contributed by atoms with Crippen molar-refractivity contribution < 1.29 is 4.92 Å². The molecule has 0 aromatic carbocycles. The van der Waals surface area contributed by atoms with E-state index in [9.17, 15) is 10.1 Å². The second-order valence-corrected chi connectivity index (χ2v) is 4.58. The zero-order valence-electron chi connectivity index (χ0n) is 9.24. The normalized spacial score (nSPS) is 12.3. The Bertz CT molecular complexity index is 494. The highest BCUT2D eigenvalue weighted by Gasteiger charge is 2.16. The van der Waals surface area contributed by atoms with Crippen LogP contribution in [0.2, 0.25) is 0 Å². The topological polar surface area (TPSA) is 73.0 Å². The lowest BCUT2D eigenvalue weighted by molar-refractivity contribution is -0.383. The molecular weight excluding hydrogens is 240 g/mol. The van der Waals surface area contributed by atoms with Crippen molar-refractivity contribution >= 4 is 22.0 Å². The van der Waals surface area contributed by atoms with Crippen molar-refractivity contribution in [2.75, 3.05) is 5.32 Å². The van der Waals surface area contributed by atoms with E-state index >= 15 is 0 Å². The van der Waals surface area contributed by atoms with Gasteiger partial charge in [-0.15, -0.1) is 11.3 Å². The molecule has 1 unspecified atom stereocenters. The van der Waals surface area contributed by atoms with Gasteiger partial charge in [-0.2, -0.15) is 5.10 Å². The van der Waals surface area contributed by atoms with E-state index in [0.29, 0.717) is 11.5 Å². The average molecular weight is 252 g/mol. The Hall–Kier alpha value is -1.89. The fraction of sp³-hybridized carbons (Fsp3) is 0.300. The molecule has 0 saturated heterocycles. The Balaban J connectivity index is 2.00. The SMILES string of the molecule is CC(Cn1cccn1)Nc1sccc1[N+](=O)[O-]. The molecule has 0 saturated carbocycles. The molecule has 1 atom stereocenters. The zero-order chi connectivity index (χ0) is 12.3. The van der Waals surface area contributed by atoms with Crippen LogP contribution in [0.3, 0.4) is 0 Å². The molecule has 0 radical (unpaired) electrons. The third-order valence-electron chi connectivity index (χ3n) is 2.24. The minimum absolute atomic E-state index is 0.0762. The molecule has 0 aliphatic heterocycles. The van der Waals surface area contributed by atoms with Gasteiger partial charge in [-0.25, -0.2) is 0 Å². The van der Waals surface area contributed by atoms with Crippen LogP contribution in [-0.4, -0.2) is 20.7 Å². The van der Waals surface area contributed by atoms with Gasteiger partial charge in [0.2, 0.25) is 0 Å². The van der Waals surface area contributed by atoms with Crippen molar-refractivity contribution in [3.8, 4) is 0 Å². The molecule has 2 rings (SSSR count). The number of thiophene rings is 1. The third-order valence-corrected chi connectivity index (χ3v) is 3.07.